The smallest absolute Gasteiger partial charge is 0.232 e. The molecule has 0 radical (unpaired) electrons. The number of carbonyl (C=O) groups excluding carboxylic acids is 1. The van der Waals surface area contributed by atoms with E-state index in [2.05, 4.69) is 15.3 Å². The second-order valence-electron chi connectivity index (χ2n) is 7.55. The number of amides is 1. The highest BCUT2D eigenvalue weighted by atomic mass is 32.2. The van der Waals surface area contributed by atoms with Gasteiger partial charge in [-0.3, -0.25) is 9.10 Å². The predicted molar refractivity (Wildman–Crippen MR) is 135 cm³/mol. The van der Waals surface area contributed by atoms with Crippen LogP contribution in [0.3, 0.4) is 0 Å². The van der Waals surface area contributed by atoms with Gasteiger partial charge in [-0.05, 0) is 19.1 Å². The molecule has 10 heteroatoms. The molecule has 2 aromatic carbocycles. The Morgan fingerprint density at radius 3 is 2.30 bits per heavy atom. The molecule has 0 fully saturated rings. The summed E-state index contributed by atoms with van der Waals surface area (Å²) in [6.45, 7) is 2.04. The molecule has 0 aliphatic heterocycles. The van der Waals surface area contributed by atoms with Crippen LogP contribution in [-0.2, 0) is 21.2 Å². The number of carbonyl (C=O) groups is 1. The van der Waals surface area contributed by atoms with Crippen LogP contribution in [0.15, 0.2) is 59.3 Å². The van der Waals surface area contributed by atoms with Gasteiger partial charge in [-0.1, -0.05) is 42.0 Å². The molecule has 0 saturated carbocycles. The van der Waals surface area contributed by atoms with E-state index in [-0.39, 0.29) is 12.3 Å². The van der Waals surface area contributed by atoms with Crippen molar-refractivity contribution in [2.45, 2.75) is 13.3 Å². The van der Waals surface area contributed by atoms with Gasteiger partial charge in [-0.15, -0.1) is 22.7 Å². The minimum atomic E-state index is -3.32. The van der Waals surface area contributed by atoms with Crippen LogP contribution in [-0.4, -0.2) is 37.6 Å². The largest absolute Gasteiger partial charge is 0.302 e. The molecule has 0 saturated heterocycles. The maximum atomic E-state index is 12.5. The summed E-state index contributed by atoms with van der Waals surface area (Å²) in [5, 5.41) is 7.97. The lowest BCUT2D eigenvalue weighted by Crippen LogP contribution is -2.24. The van der Waals surface area contributed by atoms with Crippen molar-refractivity contribution in [2.75, 3.05) is 22.9 Å². The number of nitrogens with one attached hydrogen (secondary N) is 1. The fourth-order valence-electron chi connectivity index (χ4n) is 3.04. The highest BCUT2D eigenvalue weighted by molar-refractivity contribution is 7.92. The summed E-state index contributed by atoms with van der Waals surface area (Å²) in [6, 6.07) is 15.2. The van der Waals surface area contributed by atoms with Crippen molar-refractivity contribution in [3.05, 3.63) is 70.5 Å². The molecule has 33 heavy (non-hydrogen) atoms. The molecule has 170 valence electrons. The van der Waals surface area contributed by atoms with Gasteiger partial charge in [0.25, 0.3) is 0 Å². The first kappa shape index (κ1) is 23.1. The number of hydrogen-bond donors (Lipinski definition) is 1. The highest BCUT2D eigenvalue weighted by Crippen LogP contribution is 2.28. The Bertz CT molecular complexity index is 1380. The van der Waals surface area contributed by atoms with Crippen LogP contribution in [0.5, 0.6) is 0 Å². The maximum absolute atomic E-state index is 12.5. The average Bonchev–Trinajstić information content (AvgIpc) is 3.43. The summed E-state index contributed by atoms with van der Waals surface area (Å²) in [7, 11) is -1.81. The van der Waals surface area contributed by atoms with Crippen LogP contribution in [0, 0.1) is 6.92 Å². The number of hydrogen-bond acceptors (Lipinski definition) is 7. The third-order valence-corrected chi connectivity index (χ3v) is 7.87. The first-order valence-corrected chi connectivity index (χ1v) is 13.6. The first-order valence-electron chi connectivity index (χ1n) is 10.0. The maximum Gasteiger partial charge on any atom is 0.232 e. The Morgan fingerprint density at radius 2 is 1.64 bits per heavy atom. The van der Waals surface area contributed by atoms with E-state index in [1.54, 1.807) is 24.3 Å². The molecular formula is C23H22N4O3S3. The third-order valence-electron chi connectivity index (χ3n) is 4.97. The quantitative estimate of drug-likeness (QED) is 0.394. The second-order valence-corrected chi connectivity index (χ2v) is 11.3. The second kappa shape index (κ2) is 9.42. The van der Waals surface area contributed by atoms with Crippen LogP contribution in [0.1, 0.15) is 11.3 Å². The molecule has 1 amide bonds. The summed E-state index contributed by atoms with van der Waals surface area (Å²) < 4.78 is 24.6. The van der Waals surface area contributed by atoms with E-state index in [1.807, 2.05) is 41.9 Å². The lowest BCUT2D eigenvalue weighted by molar-refractivity contribution is -0.115. The van der Waals surface area contributed by atoms with Gasteiger partial charge in [0, 0.05) is 28.9 Å². The number of nitrogens with zero attached hydrogens (tertiary/aromatic N) is 3. The van der Waals surface area contributed by atoms with Crippen LogP contribution >= 0.6 is 22.7 Å². The Labute approximate surface area is 200 Å². The lowest BCUT2D eigenvalue weighted by atomic mass is 10.1. The van der Waals surface area contributed by atoms with Crippen molar-refractivity contribution >= 4 is 49.4 Å². The molecule has 2 aromatic heterocycles. The highest BCUT2D eigenvalue weighted by Gasteiger charge is 2.14. The fourth-order valence-corrected chi connectivity index (χ4v) is 5.11. The van der Waals surface area contributed by atoms with Crippen molar-refractivity contribution in [2.24, 2.45) is 0 Å². The van der Waals surface area contributed by atoms with Crippen molar-refractivity contribution in [3.63, 3.8) is 0 Å². The van der Waals surface area contributed by atoms with Gasteiger partial charge >= 0.3 is 0 Å². The summed E-state index contributed by atoms with van der Waals surface area (Å²) >= 11 is 2.85. The van der Waals surface area contributed by atoms with E-state index in [0.717, 1.165) is 28.1 Å². The summed E-state index contributed by atoms with van der Waals surface area (Å²) in [5.74, 6) is -0.179. The standard InChI is InChI=1S/C23H22N4O3S3/c1-15-4-6-17(7-5-15)22-24-18(13-31-22)12-21(28)26-23-25-20(14-32-23)16-8-10-19(11-9-16)27(2)33(3,29)30/h4-11,13-14H,12H2,1-3H3,(H,25,26,28). The monoisotopic (exact) mass is 498 g/mol. The van der Waals surface area contributed by atoms with E-state index >= 15 is 0 Å². The van der Waals surface area contributed by atoms with Gasteiger partial charge in [0.2, 0.25) is 15.9 Å². The SMILES string of the molecule is Cc1ccc(-c2nc(CC(=O)Nc3nc(-c4ccc(N(C)S(C)(=O)=O)cc4)cs3)cs2)cc1. The topological polar surface area (TPSA) is 92.3 Å². The van der Waals surface area contributed by atoms with Crippen molar-refractivity contribution in [1.82, 2.24) is 9.97 Å². The Hall–Kier alpha value is -3.08. The van der Waals surface area contributed by atoms with Crippen LogP contribution in [0.4, 0.5) is 10.8 Å². The van der Waals surface area contributed by atoms with Crippen molar-refractivity contribution in [3.8, 4) is 21.8 Å². The molecule has 0 spiro atoms. The van der Waals surface area contributed by atoms with Gasteiger partial charge in [0.05, 0.1) is 29.8 Å². The van der Waals surface area contributed by atoms with Crippen LogP contribution in [0.25, 0.3) is 21.8 Å². The van der Waals surface area contributed by atoms with E-state index < -0.39 is 10.0 Å². The lowest BCUT2D eigenvalue weighted by Gasteiger charge is -2.16. The Morgan fingerprint density at radius 1 is 0.970 bits per heavy atom. The zero-order chi connectivity index (χ0) is 23.6. The molecule has 0 atom stereocenters. The van der Waals surface area contributed by atoms with Gasteiger partial charge in [-0.2, -0.15) is 0 Å². The number of aromatic nitrogens is 2. The van der Waals surface area contributed by atoms with E-state index in [0.29, 0.717) is 16.5 Å². The van der Waals surface area contributed by atoms with E-state index in [9.17, 15) is 13.2 Å². The molecule has 7 nitrogen and oxygen atoms in total. The molecule has 0 aliphatic carbocycles. The normalized spacial score (nSPS) is 11.4. The number of sulfonamides is 1. The zero-order valence-corrected chi connectivity index (χ0v) is 20.7. The van der Waals surface area contributed by atoms with Gasteiger partial charge in [0.15, 0.2) is 5.13 Å². The average molecular weight is 499 g/mol. The van der Waals surface area contributed by atoms with Crippen LogP contribution in [0.2, 0.25) is 0 Å². The number of thiazole rings is 2. The third kappa shape index (κ3) is 5.65. The minimum absolute atomic E-state index is 0.170. The number of aryl methyl sites for hydroxylation is 1. The van der Waals surface area contributed by atoms with E-state index in [1.165, 1.54) is 39.6 Å². The summed E-state index contributed by atoms with van der Waals surface area (Å²) in [6.07, 6.45) is 1.33. The molecule has 4 aromatic rings. The molecule has 1 N–H and O–H groups in total. The molecule has 4 rings (SSSR count). The Balaban J connectivity index is 1.39. The minimum Gasteiger partial charge on any atom is -0.302 e. The van der Waals surface area contributed by atoms with Gasteiger partial charge < -0.3 is 5.32 Å². The Kier molecular flexibility index (Phi) is 6.59. The molecule has 2 heterocycles. The molecule has 0 bridgehead atoms. The van der Waals surface area contributed by atoms with E-state index in [4.69, 9.17) is 0 Å². The predicted octanol–water partition coefficient (Wildman–Crippen LogP) is 4.82. The number of rotatable bonds is 7. The van der Waals surface area contributed by atoms with Gasteiger partial charge in [-0.25, -0.2) is 18.4 Å². The fraction of sp³-hybridized carbons (Fsp3) is 0.174. The molecular weight excluding hydrogens is 476 g/mol. The summed E-state index contributed by atoms with van der Waals surface area (Å²) in [4.78, 5) is 21.6. The summed E-state index contributed by atoms with van der Waals surface area (Å²) in [5.41, 5.74) is 5.05. The van der Waals surface area contributed by atoms with Gasteiger partial charge in [0.1, 0.15) is 5.01 Å². The van der Waals surface area contributed by atoms with Crippen molar-refractivity contribution in [1.29, 1.82) is 0 Å². The number of anilines is 2. The number of benzene rings is 2. The van der Waals surface area contributed by atoms with Crippen LogP contribution < -0.4 is 9.62 Å². The first-order chi connectivity index (χ1) is 15.7. The van der Waals surface area contributed by atoms with Crippen molar-refractivity contribution < 1.29 is 13.2 Å². The zero-order valence-electron chi connectivity index (χ0n) is 18.3. The molecule has 0 unspecified atom stereocenters. The molecule has 0 aliphatic rings.